The number of sulfonamides is 1. The number of piperazine rings is 1. The van der Waals surface area contributed by atoms with E-state index in [0.717, 1.165) is 12.1 Å². The maximum atomic E-state index is 13.3. The number of alkyl halides is 3. The molecule has 0 aromatic heterocycles. The Labute approximate surface area is 143 Å². The van der Waals surface area contributed by atoms with Gasteiger partial charge in [0, 0.05) is 38.3 Å². The molecule has 2 rings (SSSR count). The van der Waals surface area contributed by atoms with Crippen LogP contribution in [0.15, 0.2) is 29.2 Å². The van der Waals surface area contributed by atoms with Crippen LogP contribution in [0.4, 0.5) is 13.2 Å². The highest BCUT2D eigenvalue weighted by Gasteiger charge is 2.44. The lowest BCUT2D eigenvalue weighted by Crippen LogP contribution is -2.57. The van der Waals surface area contributed by atoms with E-state index in [-0.39, 0.29) is 23.5 Å². The van der Waals surface area contributed by atoms with Crippen LogP contribution in [0.5, 0.6) is 0 Å². The molecule has 11 heteroatoms. The van der Waals surface area contributed by atoms with Crippen LogP contribution in [0, 0.1) is 0 Å². The zero-order valence-electron chi connectivity index (χ0n) is 13.2. The molecule has 1 aromatic carbocycles. The average molecular weight is 380 g/mol. The summed E-state index contributed by atoms with van der Waals surface area (Å²) in [7, 11) is -4.14. The van der Waals surface area contributed by atoms with Crippen molar-refractivity contribution in [2.45, 2.75) is 17.1 Å². The largest absolute Gasteiger partial charge is 0.405 e. The fourth-order valence-corrected chi connectivity index (χ4v) is 3.55. The Kier molecular flexibility index (Phi) is 6.03. The molecule has 1 unspecified atom stereocenters. The Balaban J connectivity index is 2.11. The summed E-state index contributed by atoms with van der Waals surface area (Å²) >= 11 is 0. The van der Waals surface area contributed by atoms with Gasteiger partial charge in [-0.2, -0.15) is 13.2 Å². The van der Waals surface area contributed by atoms with Crippen LogP contribution in [-0.4, -0.2) is 64.2 Å². The number of carbonyl (C=O) groups excluding carboxylic acids is 1. The molecule has 0 radical (unpaired) electrons. The number of amides is 1. The maximum absolute atomic E-state index is 13.3. The Morgan fingerprint density at radius 2 is 1.80 bits per heavy atom. The van der Waals surface area contributed by atoms with E-state index in [0.29, 0.717) is 13.1 Å². The minimum absolute atomic E-state index is 0.105. The first-order valence-corrected chi connectivity index (χ1v) is 9.00. The van der Waals surface area contributed by atoms with Crippen molar-refractivity contribution >= 4 is 15.9 Å². The number of carbonyl (C=O) groups is 1. The number of hydrogen-bond donors (Lipinski definition) is 3. The highest BCUT2D eigenvalue weighted by atomic mass is 32.2. The van der Waals surface area contributed by atoms with Crippen molar-refractivity contribution in [2.24, 2.45) is 5.73 Å². The lowest BCUT2D eigenvalue weighted by atomic mass is 10.2. The van der Waals surface area contributed by atoms with Crippen molar-refractivity contribution in [1.82, 2.24) is 14.9 Å². The second-order valence-corrected chi connectivity index (χ2v) is 7.35. The molecule has 1 atom stereocenters. The molecule has 140 valence electrons. The highest BCUT2D eigenvalue weighted by molar-refractivity contribution is 7.89. The third kappa shape index (κ3) is 5.14. The van der Waals surface area contributed by atoms with Crippen molar-refractivity contribution in [3.05, 3.63) is 29.8 Å². The number of hydrogen-bond acceptors (Lipinski definition) is 5. The summed E-state index contributed by atoms with van der Waals surface area (Å²) in [5.74, 6) is -0.729. The summed E-state index contributed by atoms with van der Waals surface area (Å²) in [4.78, 5) is 12.0. The molecule has 1 fully saturated rings. The standard InChI is InChI=1S/C14H19F3N4O3S/c15-14(16,17)12(21-7-5-19-6-8-21)9-20-25(23,24)11-3-1-10(2-4-11)13(18)22/h1-4,12,19-20H,5-9H2,(H2,18,22). The van der Waals surface area contributed by atoms with E-state index in [9.17, 15) is 26.4 Å². The van der Waals surface area contributed by atoms with Gasteiger partial charge in [-0.25, -0.2) is 13.1 Å². The third-order valence-corrected chi connectivity index (χ3v) is 5.33. The van der Waals surface area contributed by atoms with E-state index in [2.05, 4.69) is 5.32 Å². The second kappa shape index (κ2) is 7.68. The molecule has 4 N–H and O–H groups in total. The summed E-state index contributed by atoms with van der Waals surface area (Å²) in [6.45, 7) is 0.393. The van der Waals surface area contributed by atoms with Crippen LogP contribution in [0.25, 0.3) is 0 Å². The average Bonchev–Trinajstić information content (AvgIpc) is 2.54. The van der Waals surface area contributed by atoms with Gasteiger partial charge >= 0.3 is 6.18 Å². The van der Waals surface area contributed by atoms with E-state index >= 15 is 0 Å². The van der Waals surface area contributed by atoms with Gasteiger partial charge in [-0.15, -0.1) is 0 Å². The number of nitrogens with two attached hydrogens (primary N) is 1. The van der Waals surface area contributed by atoms with Gasteiger partial charge in [-0.05, 0) is 24.3 Å². The maximum Gasteiger partial charge on any atom is 0.405 e. The lowest BCUT2D eigenvalue weighted by molar-refractivity contribution is -0.182. The third-order valence-electron chi connectivity index (χ3n) is 3.89. The number of nitrogens with one attached hydrogen (secondary N) is 2. The number of rotatable bonds is 6. The van der Waals surface area contributed by atoms with Gasteiger partial charge in [-0.1, -0.05) is 0 Å². The Morgan fingerprint density at radius 3 is 2.28 bits per heavy atom. The molecule has 0 aliphatic carbocycles. The Bertz CT molecular complexity index is 701. The SMILES string of the molecule is NC(=O)c1ccc(S(=O)(=O)NCC(N2CCNCC2)C(F)(F)F)cc1. The van der Waals surface area contributed by atoms with Crippen molar-refractivity contribution in [2.75, 3.05) is 32.7 Å². The number of benzene rings is 1. The fraction of sp³-hybridized carbons (Fsp3) is 0.500. The minimum Gasteiger partial charge on any atom is -0.366 e. The zero-order valence-corrected chi connectivity index (χ0v) is 14.0. The summed E-state index contributed by atoms with van der Waals surface area (Å²) in [5.41, 5.74) is 5.17. The van der Waals surface area contributed by atoms with Gasteiger partial charge in [0.2, 0.25) is 15.9 Å². The molecular weight excluding hydrogens is 361 g/mol. The van der Waals surface area contributed by atoms with E-state index < -0.39 is 34.7 Å². The second-order valence-electron chi connectivity index (χ2n) is 5.58. The van der Waals surface area contributed by atoms with Crippen molar-refractivity contribution < 1.29 is 26.4 Å². The van der Waals surface area contributed by atoms with Crippen molar-refractivity contribution in [3.63, 3.8) is 0 Å². The predicted octanol–water partition coefficient (Wildman–Crippen LogP) is -0.100. The summed E-state index contributed by atoms with van der Waals surface area (Å²) in [5, 5.41) is 2.95. The molecule has 0 saturated carbocycles. The molecule has 7 nitrogen and oxygen atoms in total. The lowest BCUT2D eigenvalue weighted by Gasteiger charge is -2.35. The number of nitrogens with zero attached hydrogens (tertiary/aromatic N) is 1. The molecule has 1 aliphatic heterocycles. The molecule has 1 heterocycles. The topological polar surface area (TPSA) is 105 Å². The minimum atomic E-state index is -4.56. The summed E-state index contributed by atoms with van der Waals surface area (Å²) in [6.07, 6.45) is -4.56. The first kappa shape index (κ1) is 19.6. The Morgan fingerprint density at radius 1 is 1.24 bits per heavy atom. The van der Waals surface area contributed by atoms with E-state index in [4.69, 9.17) is 5.73 Å². The number of primary amides is 1. The first-order valence-electron chi connectivity index (χ1n) is 7.52. The van der Waals surface area contributed by atoms with Crippen LogP contribution in [-0.2, 0) is 10.0 Å². The smallest absolute Gasteiger partial charge is 0.366 e. The van der Waals surface area contributed by atoms with Gasteiger partial charge in [0.25, 0.3) is 0 Å². The van der Waals surface area contributed by atoms with Gasteiger partial charge in [0.05, 0.1) is 4.90 Å². The molecule has 1 aromatic rings. The first-order chi connectivity index (χ1) is 11.6. The van der Waals surface area contributed by atoms with Crippen LogP contribution in [0.3, 0.4) is 0 Å². The van der Waals surface area contributed by atoms with Crippen LogP contribution < -0.4 is 15.8 Å². The molecule has 1 amide bonds. The van der Waals surface area contributed by atoms with E-state index in [1.807, 2.05) is 4.72 Å². The monoisotopic (exact) mass is 380 g/mol. The molecular formula is C14H19F3N4O3S. The van der Waals surface area contributed by atoms with Crippen LogP contribution >= 0.6 is 0 Å². The predicted molar refractivity (Wildman–Crippen MR) is 84.4 cm³/mol. The summed E-state index contributed by atoms with van der Waals surface area (Å²) in [6, 6.07) is 2.74. The van der Waals surface area contributed by atoms with Gasteiger partial charge in [0.15, 0.2) is 0 Å². The quantitative estimate of drug-likeness (QED) is 0.639. The molecule has 0 bridgehead atoms. The van der Waals surface area contributed by atoms with E-state index in [1.165, 1.54) is 17.0 Å². The van der Waals surface area contributed by atoms with Gasteiger partial charge in [-0.3, -0.25) is 9.69 Å². The van der Waals surface area contributed by atoms with Crippen molar-refractivity contribution in [3.8, 4) is 0 Å². The van der Waals surface area contributed by atoms with Gasteiger partial charge in [0.1, 0.15) is 6.04 Å². The molecule has 1 aliphatic rings. The van der Waals surface area contributed by atoms with E-state index in [1.54, 1.807) is 0 Å². The van der Waals surface area contributed by atoms with Crippen LogP contribution in [0.1, 0.15) is 10.4 Å². The van der Waals surface area contributed by atoms with Crippen molar-refractivity contribution in [1.29, 1.82) is 0 Å². The van der Waals surface area contributed by atoms with Crippen LogP contribution in [0.2, 0.25) is 0 Å². The highest BCUT2D eigenvalue weighted by Crippen LogP contribution is 2.25. The normalized spacial score (nSPS) is 18.0. The Hall–Kier alpha value is -1.69. The molecule has 0 spiro atoms. The summed E-state index contributed by atoms with van der Waals surface area (Å²) < 4.78 is 66.2. The fourth-order valence-electron chi connectivity index (χ4n) is 2.52. The molecule has 1 saturated heterocycles. The zero-order chi connectivity index (χ0) is 18.7. The van der Waals surface area contributed by atoms with Gasteiger partial charge < -0.3 is 11.1 Å². The molecule has 25 heavy (non-hydrogen) atoms. The number of halogens is 3.